The zero-order valence-corrected chi connectivity index (χ0v) is 12.2. The average Bonchev–Trinajstić information content (AvgIpc) is 2.44. The fraction of sp³-hybridized carbons (Fsp3) is 0.467. The molecule has 5 heteroatoms. The molecule has 110 valence electrons. The van der Waals surface area contributed by atoms with Gasteiger partial charge in [-0.25, -0.2) is 4.79 Å². The van der Waals surface area contributed by atoms with Crippen LogP contribution in [0.2, 0.25) is 0 Å². The molecule has 0 heterocycles. The molecule has 1 aromatic rings. The third-order valence-electron chi connectivity index (χ3n) is 2.89. The zero-order valence-electron chi connectivity index (χ0n) is 11.5. The van der Waals surface area contributed by atoms with E-state index in [9.17, 15) is 9.59 Å². The lowest BCUT2D eigenvalue weighted by Gasteiger charge is -2.09. The number of esters is 1. The normalized spacial score (nSPS) is 11.9. The van der Waals surface area contributed by atoms with Crippen LogP contribution in [-0.2, 0) is 4.79 Å². The maximum Gasteiger partial charge on any atom is 0.335 e. The molecule has 0 saturated carbocycles. The summed E-state index contributed by atoms with van der Waals surface area (Å²) in [5.41, 5.74) is 0.145. The van der Waals surface area contributed by atoms with Gasteiger partial charge >= 0.3 is 11.9 Å². The van der Waals surface area contributed by atoms with Crippen molar-refractivity contribution in [2.45, 2.75) is 44.4 Å². The van der Waals surface area contributed by atoms with Crippen LogP contribution in [0.25, 0.3) is 0 Å². The van der Waals surface area contributed by atoms with Crippen LogP contribution in [0.5, 0.6) is 5.75 Å². The van der Waals surface area contributed by atoms with E-state index >= 15 is 0 Å². The molecule has 0 aliphatic carbocycles. The summed E-state index contributed by atoms with van der Waals surface area (Å²) in [5.74, 6) is -1.21. The monoisotopic (exact) mass is 298 g/mol. The Bertz CT molecular complexity index is 442. The first-order chi connectivity index (χ1) is 9.54. The lowest BCUT2D eigenvalue weighted by Crippen LogP contribution is -2.20. The van der Waals surface area contributed by atoms with Crippen LogP contribution in [0.15, 0.2) is 24.3 Å². The fourth-order valence-corrected chi connectivity index (χ4v) is 1.91. The van der Waals surface area contributed by atoms with Crippen LogP contribution in [0.4, 0.5) is 0 Å². The Morgan fingerprint density at radius 3 is 2.40 bits per heavy atom. The topological polar surface area (TPSA) is 63.6 Å². The highest BCUT2D eigenvalue weighted by Gasteiger charge is 2.17. The van der Waals surface area contributed by atoms with Crippen molar-refractivity contribution in [1.29, 1.82) is 0 Å². The van der Waals surface area contributed by atoms with Crippen molar-refractivity contribution in [2.75, 3.05) is 0 Å². The van der Waals surface area contributed by atoms with Gasteiger partial charge in [0.2, 0.25) is 0 Å². The number of carboxylic acids is 1. The Morgan fingerprint density at radius 2 is 1.85 bits per heavy atom. The summed E-state index contributed by atoms with van der Waals surface area (Å²) in [6.07, 6.45) is 4.81. The van der Waals surface area contributed by atoms with Crippen molar-refractivity contribution >= 4 is 23.5 Å². The minimum atomic E-state index is -1.02. The summed E-state index contributed by atoms with van der Waals surface area (Å²) >= 11 is 5.97. The maximum absolute atomic E-state index is 11.7. The predicted octanol–water partition coefficient (Wildman–Crippen LogP) is 3.87. The van der Waals surface area contributed by atoms with Gasteiger partial charge in [-0.3, -0.25) is 4.79 Å². The van der Waals surface area contributed by atoms with Crippen molar-refractivity contribution in [2.24, 2.45) is 0 Å². The van der Waals surface area contributed by atoms with E-state index in [1.807, 2.05) is 0 Å². The first-order valence-corrected chi connectivity index (χ1v) is 7.17. The number of alkyl halides is 1. The molecule has 0 aromatic heterocycles. The van der Waals surface area contributed by atoms with E-state index in [-0.39, 0.29) is 5.56 Å². The summed E-state index contributed by atoms with van der Waals surface area (Å²) < 4.78 is 5.10. The number of hydrogen-bond acceptors (Lipinski definition) is 3. The van der Waals surface area contributed by atoms with Crippen molar-refractivity contribution in [3.8, 4) is 5.75 Å². The molecule has 1 aromatic carbocycles. The second kappa shape index (κ2) is 8.59. The number of ether oxygens (including phenoxy) is 1. The smallest absolute Gasteiger partial charge is 0.335 e. The Morgan fingerprint density at radius 1 is 1.20 bits per heavy atom. The Balaban J connectivity index is 2.42. The van der Waals surface area contributed by atoms with Gasteiger partial charge in [0, 0.05) is 0 Å². The van der Waals surface area contributed by atoms with Crippen molar-refractivity contribution in [3.63, 3.8) is 0 Å². The molecule has 1 N–H and O–H groups in total. The van der Waals surface area contributed by atoms with E-state index in [0.29, 0.717) is 12.2 Å². The molecule has 0 saturated heterocycles. The van der Waals surface area contributed by atoms with E-state index in [2.05, 4.69) is 6.92 Å². The lowest BCUT2D eigenvalue weighted by molar-refractivity contribution is -0.134. The molecule has 1 atom stereocenters. The molecule has 0 aliphatic heterocycles. The molecule has 0 aliphatic rings. The van der Waals surface area contributed by atoms with Gasteiger partial charge in [-0.2, -0.15) is 0 Å². The van der Waals surface area contributed by atoms with Gasteiger partial charge in [-0.05, 0) is 30.7 Å². The van der Waals surface area contributed by atoms with Crippen LogP contribution in [-0.4, -0.2) is 22.4 Å². The van der Waals surface area contributed by atoms with Crippen molar-refractivity contribution < 1.29 is 19.4 Å². The van der Waals surface area contributed by atoms with Crippen LogP contribution >= 0.6 is 11.6 Å². The minimum Gasteiger partial charge on any atom is -0.478 e. The van der Waals surface area contributed by atoms with Crippen LogP contribution < -0.4 is 4.74 Å². The van der Waals surface area contributed by atoms with Crippen LogP contribution in [0.3, 0.4) is 0 Å². The second-order valence-electron chi connectivity index (χ2n) is 4.57. The summed E-state index contributed by atoms with van der Waals surface area (Å²) in [7, 11) is 0. The molecular formula is C15H19ClO4. The molecule has 4 nitrogen and oxygen atoms in total. The average molecular weight is 299 g/mol. The zero-order chi connectivity index (χ0) is 15.0. The molecule has 20 heavy (non-hydrogen) atoms. The first-order valence-electron chi connectivity index (χ1n) is 6.73. The SMILES string of the molecule is CCCCCCC(Cl)C(=O)Oc1ccc(C(=O)O)cc1. The van der Waals surface area contributed by atoms with Gasteiger partial charge in [-0.15, -0.1) is 11.6 Å². The molecule has 1 unspecified atom stereocenters. The molecule has 1 rings (SSSR count). The summed E-state index contributed by atoms with van der Waals surface area (Å²) in [4.78, 5) is 22.4. The Labute approximate surface area is 123 Å². The van der Waals surface area contributed by atoms with E-state index < -0.39 is 17.3 Å². The highest BCUT2D eigenvalue weighted by atomic mass is 35.5. The standard InChI is InChI=1S/C15H19ClO4/c1-2-3-4-5-6-13(16)15(19)20-12-9-7-11(8-10-12)14(17)18/h7-10,13H,2-6H2,1H3,(H,17,18). The first kappa shape index (κ1) is 16.5. The van der Waals surface area contributed by atoms with E-state index in [0.717, 1.165) is 25.7 Å². The van der Waals surface area contributed by atoms with Gasteiger partial charge < -0.3 is 9.84 Å². The van der Waals surface area contributed by atoms with Gasteiger partial charge in [0.1, 0.15) is 11.1 Å². The Hall–Kier alpha value is -1.55. The number of carbonyl (C=O) groups is 2. The number of carbonyl (C=O) groups excluding carboxylic acids is 1. The number of rotatable bonds is 8. The van der Waals surface area contributed by atoms with Gasteiger partial charge in [0.05, 0.1) is 5.56 Å². The van der Waals surface area contributed by atoms with E-state index in [4.69, 9.17) is 21.4 Å². The number of unbranched alkanes of at least 4 members (excludes halogenated alkanes) is 3. The summed E-state index contributed by atoms with van der Waals surface area (Å²) in [5, 5.41) is 8.10. The van der Waals surface area contributed by atoms with Gasteiger partial charge in [-0.1, -0.05) is 32.6 Å². The fourth-order valence-electron chi connectivity index (χ4n) is 1.71. The third-order valence-corrected chi connectivity index (χ3v) is 3.28. The van der Waals surface area contributed by atoms with Crippen LogP contribution in [0.1, 0.15) is 49.4 Å². The van der Waals surface area contributed by atoms with Gasteiger partial charge in [0.15, 0.2) is 0 Å². The second-order valence-corrected chi connectivity index (χ2v) is 5.09. The lowest BCUT2D eigenvalue weighted by atomic mass is 10.1. The number of aromatic carboxylic acids is 1. The largest absolute Gasteiger partial charge is 0.478 e. The number of benzene rings is 1. The van der Waals surface area contributed by atoms with Crippen molar-refractivity contribution in [3.05, 3.63) is 29.8 Å². The Kier molecular flexibility index (Phi) is 7.09. The van der Waals surface area contributed by atoms with E-state index in [1.54, 1.807) is 0 Å². The third kappa shape index (κ3) is 5.61. The molecular weight excluding hydrogens is 280 g/mol. The van der Waals surface area contributed by atoms with Gasteiger partial charge in [0.25, 0.3) is 0 Å². The highest BCUT2D eigenvalue weighted by molar-refractivity contribution is 6.30. The molecule has 0 amide bonds. The predicted molar refractivity (Wildman–Crippen MR) is 77.4 cm³/mol. The molecule has 0 bridgehead atoms. The van der Waals surface area contributed by atoms with Crippen molar-refractivity contribution in [1.82, 2.24) is 0 Å². The minimum absolute atomic E-state index is 0.145. The van der Waals surface area contributed by atoms with Crippen LogP contribution in [0, 0.1) is 0 Å². The summed E-state index contributed by atoms with van der Waals surface area (Å²) in [6, 6.07) is 5.66. The van der Waals surface area contributed by atoms with E-state index in [1.165, 1.54) is 24.3 Å². The molecule has 0 spiro atoms. The number of hydrogen-bond donors (Lipinski definition) is 1. The molecule has 0 radical (unpaired) electrons. The number of halogens is 1. The highest BCUT2D eigenvalue weighted by Crippen LogP contribution is 2.16. The maximum atomic E-state index is 11.7. The molecule has 0 fully saturated rings. The number of carboxylic acid groups (broad SMARTS) is 1. The summed E-state index contributed by atoms with van der Waals surface area (Å²) in [6.45, 7) is 2.12. The quantitative estimate of drug-likeness (QED) is 0.342.